The number of aliphatic hydroxyl groups excluding tert-OH is 1. The van der Waals surface area contributed by atoms with Crippen molar-refractivity contribution in [2.45, 2.75) is 26.7 Å². The number of guanidine groups is 1. The topological polar surface area (TPSA) is 57.1 Å². The Bertz CT molecular complexity index is 273. The van der Waals surface area contributed by atoms with Crippen molar-refractivity contribution >= 4 is 29.9 Å². The van der Waals surface area contributed by atoms with Crippen LogP contribution in [0.5, 0.6) is 0 Å². The van der Waals surface area contributed by atoms with Crippen molar-refractivity contribution < 1.29 is 9.84 Å². The van der Waals surface area contributed by atoms with Gasteiger partial charge in [-0.2, -0.15) is 0 Å². The van der Waals surface area contributed by atoms with Crippen LogP contribution in [0, 0.1) is 11.8 Å². The molecule has 120 valence electrons. The van der Waals surface area contributed by atoms with Gasteiger partial charge in [-0.15, -0.1) is 24.0 Å². The summed E-state index contributed by atoms with van der Waals surface area (Å²) in [6, 6.07) is 0. The van der Waals surface area contributed by atoms with Crippen molar-refractivity contribution in [2.24, 2.45) is 16.8 Å². The van der Waals surface area contributed by atoms with E-state index in [4.69, 9.17) is 9.84 Å². The first kappa shape index (κ1) is 19.9. The van der Waals surface area contributed by atoms with Gasteiger partial charge in [0.15, 0.2) is 5.96 Å². The molecule has 1 rings (SSSR count). The van der Waals surface area contributed by atoms with E-state index in [2.05, 4.69) is 22.1 Å². The van der Waals surface area contributed by atoms with E-state index >= 15 is 0 Å². The quantitative estimate of drug-likeness (QED) is 0.268. The van der Waals surface area contributed by atoms with E-state index in [0.717, 1.165) is 38.2 Å². The molecule has 1 atom stereocenters. The molecule has 0 aliphatic heterocycles. The Morgan fingerprint density at radius 2 is 2.20 bits per heavy atom. The highest BCUT2D eigenvalue weighted by atomic mass is 127. The largest absolute Gasteiger partial charge is 0.396 e. The van der Waals surface area contributed by atoms with Gasteiger partial charge >= 0.3 is 0 Å². The molecular weight excluding hydrogens is 369 g/mol. The molecular formula is C14H30IN3O2. The molecule has 1 fully saturated rings. The van der Waals surface area contributed by atoms with Crippen LogP contribution >= 0.6 is 24.0 Å². The summed E-state index contributed by atoms with van der Waals surface area (Å²) in [5, 5.41) is 12.3. The fourth-order valence-electron chi connectivity index (χ4n) is 1.61. The zero-order chi connectivity index (χ0) is 14.1. The summed E-state index contributed by atoms with van der Waals surface area (Å²) in [6.07, 6.45) is 2.66. The number of aliphatic hydroxyl groups is 1. The minimum Gasteiger partial charge on any atom is -0.396 e. The van der Waals surface area contributed by atoms with E-state index < -0.39 is 0 Å². The molecule has 0 saturated heterocycles. The average molecular weight is 399 g/mol. The molecule has 6 heteroatoms. The van der Waals surface area contributed by atoms with Gasteiger partial charge < -0.3 is 20.1 Å². The van der Waals surface area contributed by atoms with Crippen molar-refractivity contribution in [2.75, 3.05) is 46.5 Å². The summed E-state index contributed by atoms with van der Waals surface area (Å²) in [7, 11) is 2.02. The predicted molar refractivity (Wildman–Crippen MR) is 93.8 cm³/mol. The number of aliphatic imine (C=N–C) groups is 1. The van der Waals surface area contributed by atoms with Gasteiger partial charge in [0.05, 0.1) is 6.61 Å². The van der Waals surface area contributed by atoms with Crippen LogP contribution in [0.2, 0.25) is 0 Å². The molecule has 5 nitrogen and oxygen atoms in total. The van der Waals surface area contributed by atoms with Crippen molar-refractivity contribution in [1.82, 2.24) is 10.2 Å². The summed E-state index contributed by atoms with van der Waals surface area (Å²) in [5.74, 6) is 1.91. The van der Waals surface area contributed by atoms with Gasteiger partial charge in [-0.25, -0.2) is 0 Å². The van der Waals surface area contributed by atoms with Crippen molar-refractivity contribution in [3.05, 3.63) is 0 Å². The van der Waals surface area contributed by atoms with Gasteiger partial charge in [0.1, 0.15) is 0 Å². The lowest BCUT2D eigenvalue weighted by molar-refractivity contribution is 0.115. The average Bonchev–Trinajstić information content (AvgIpc) is 3.22. The lowest BCUT2D eigenvalue weighted by atomic mass is 10.2. The highest BCUT2D eigenvalue weighted by molar-refractivity contribution is 14.0. The molecule has 1 unspecified atom stereocenters. The number of nitrogens with zero attached hydrogens (tertiary/aromatic N) is 2. The Labute approximate surface area is 140 Å². The molecule has 1 saturated carbocycles. The number of likely N-dealkylation sites (N-methyl/N-ethyl adjacent to an activating group) is 1. The van der Waals surface area contributed by atoms with Crippen LogP contribution in [-0.4, -0.2) is 62.5 Å². The maximum absolute atomic E-state index is 9.02. The van der Waals surface area contributed by atoms with Crippen LogP contribution in [0.25, 0.3) is 0 Å². The molecule has 0 spiro atoms. The van der Waals surface area contributed by atoms with Crippen molar-refractivity contribution in [1.29, 1.82) is 0 Å². The van der Waals surface area contributed by atoms with Gasteiger partial charge in [0, 0.05) is 39.9 Å². The van der Waals surface area contributed by atoms with E-state index in [0.29, 0.717) is 6.54 Å². The third-order valence-electron chi connectivity index (χ3n) is 3.18. The summed E-state index contributed by atoms with van der Waals surface area (Å²) in [5.41, 5.74) is 0. The molecule has 0 bridgehead atoms. The number of hydrogen-bond acceptors (Lipinski definition) is 3. The molecule has 1 aliphatic rings. The lowest BCUT2D eigenvalue weighted by Gasteiger charge is -2.22. The molecule has 0 heterocycles. The van der Waals surface area contributed by atoms with Crippen LogP contribution in [0.4, 0.5) is 0 Å². The maximum atomic E-state index is 9.02. The zero-order valence-corrected chi connectivity index (χ0v) is 15.3. The molecule has 0 aromatic heterocycles. The number of hydrogen-bond donors (Lipinski definition) is 2. The zero-order valence-electron chi connectivity index (χ0n) is 13.0. The van der Waals surface area contributed by atoms with Crippen molar-refractivity contribution in [3.63, 3.8) is 0 Å². The Kier molecular flexibility index (Phi) is 11.5. The van der Waals surface area contributed by atoms with Crippen LogP contribution in [0.1, 0.15) is 26.7 Å². The summed E-state index contributed by atoms with van der Waals surface area (Å²) >= 11 is 0. The molecule has 0 aromatic rings. The lowest BCUT2D eigenvalue weighted by Crippen LogP contribution is -2.41. The fraction of sp³-hybridized carbons (Fsp3) is 0.929. The smallest absolute Gasteiger partial charge is 0.193 e. The second-order valence-electron chi connectivity index (χ2n) is 5.42. The second kappa shape index (κ2) is 11.6. The van der Waals surface area contributed by atoms with Crippen LogP contribution in [0.3, 0.4) is 0 Å². The third-order valence-corrected chi connectivity index (χ3v) is 3.18. The minimum absolute atomic E-state index is 0. The maximum Gasteiger partial charge on any atom is 0.193 e. The number of ether oxygens (including phenoxy) is 1. The highest BCUT2D eigenvalue weighted by Gasteiger charge is 2.21. The first-order chi connectivity index (χ1) is 9.17. The molecule has 20 heavy (non-hydrogen) atoms. The van der Waals surface area contributed by atoms with Gasteiger partial charge in [-0.05, 0) is 31.6 Å². The van der Waals surface area contributed by atoms with Crippen LogP contribution < -0.4 is 5.32 Å². The Balaban J connectivity index is 0.00000361. The Hall–Kier alpha value is -0.0800. The summed E-state index contributed by atoms with van der Waals surface area (Å²) < 4.78 is 5.64. The SMILES string of the molecule is CCNC(=NCC(C)CO)N(C)CCOCC1CC1.I. The van der Waals surface area contributed by atoms with Crippen LogP contribution in [0.15, 0.2) is 4.99 Å². The summed E-state index contributed by atoms with van der Waals surface area (Å²) in [6.45, 7) is 8.21. The monoisotopic (exact) mass is 399 g/mol. The van der Waals surface area contributed by atoms with Crippen molar-refractivity contribution in [3.8, 4) is 0 Å². The summed E-state index contributed by atoms with van der Waals surface area (Å²) in [4.78, 5) is 6.61. The van der Waals surface area contributed by atoms with Gasteiger partial charge in [0.2, 0.25) is 0 Å². The van der Waals surface area contributed by atoms with Crippen LogP contribution in [-0.2, 0) is 4.74 Å². The molecule has 0 amide bonds. The van der Waals surface area contributed by atoms with E-state index in [-0.39, 0.29) is 36.5 Å². The standard InChI is InChI=1S/C14H29N3O2.HI/c1-4-15-14(16-9-12(2)10-18)17(3)7-8-19-11-13-5-6-13;/h12-13,18H,4-11H2,1-3H3,(H,15,16);1H. The third kappa shape index (κ3) is 8.97. The molecule has 0 radical (unpaired) electrons. The second-order valence-corrected chi connectivity index (χ2v) is 5.42. The number of rotatable bonds is 9. The van der Waals surface area contributed by atoms with E-state index in [1.807, 2.05) is 14.0 Å². The van der Waals surface area contributed by atoms with E-state index in [9.17, 15) is 0 Å². The van der Waals surface area contributed by atoms with Gasteiger partial charge in [-0.1, -0.05) is 6.92 Å². The highest BCUT2D eigenvalue weighted by Crippen LogP contribution is 2.28. The van der Waals surface area contributed by atoms with E-state index in [1.54, 1.807) is 0 Å². The first-order valence-electron chi connectivity index (χ1n) is 7.35. The number of halogens is 1. The minimum atomic E-state index is 0. The Morgan fingerprint density at radius 1 is 1.50 bits per heavy atom. The number of nitrogens with one attached hydrogen (secondary N) is 1. The predicted octanol–water partition coefficient (Wildman–Crippen LogP) is 1.56. The van der Waals surface area contributed by atoms with E-state index in [1.165, 1.54) is 12.8 Å². The molecule has 1 aliphatic carbocycles. The van der Waals surface area contributed by atoms with Gasteiger partial charge in [-0.3, -0.25) is 4.99 Å². The molecule has 2 N–H and O–H groups in total. The fourth-order valence-corrected chi connectivity index (χ4v) is 1.61. The molecule has 0 aromatic carbocycles. The normalized spacial score (nSPS) is 16.5. The Morgan fingerprint density at radius 3 is 2.75 bits per heavy atom. The first-order valence-corrected chi connectivity index (χ1v) is 7.35. The van der Waals surface area contributed by atoms with Gasteiger partial charge in [0.25, 0.3) is 0 Å².